The van der Waals surface area contributed by atoms with Crippen LogP contribution in [0.15, 0.2) is 0 Å². The van der Waals surface area contributed by atoms with Crippen LogP contribution in [0.4, 0.5) is 8.78 Å². The van der Waals surface area contributed by atoms with Crippen LogP contribution in [-0.4, -0.2) is 17.2 Å². The molecular weight excluding hydrogens is 188 g/mol. The Bertz CT molecular complexity index is 233. The van der Waals surface area contributed by atoms with E-state index in [1.807, 2.05) is 0 Å². The first kappa shape index (κ1) is 11.6. The molecule has 0 amide bonds. The Morgan fingerprint density at radius 2 is 2.14 bits per heavy atom. The van der Waals surface area contributed by atoms with E-state index in [1.54, 1.807) is 13.8 Å². The van der Waals surface area contributed by atoms with Gasteiger partial charge < -0.3 is 5.73 Å². The zero-order chi connectivity index (χ0) is 11.0. The first-order chi connectivity index (χ1) is 6.23. The van der Waals surface area contributed by atoms with Gasteiger partial charge in [0, 0.05) is 18.8 Å². The van der Waals surface area contributed by atoms with E-state index in [0.29, 0.717) is 12.8 Å². The lowest BCUT2D eigenvalue weighted by molar-refractivity contribution is -0.127. The van der Waals surface area contributed by atoms with Crippen molar-refractivity contribution in [2.24, 2.45) is 11.7 Å². The molecular formula is C10H17F2NO. The predicted octanol–water partition coefficient (Wildman–Crippen LogP) is 2.12. The zero-order valence-corrected chi connectivity index (χ0v) is 8.65. The Hall–Kier alpha value is -0.510. The van der Waals surface area contributed by atoms with Gasteiger partial charge in [-0.15, -0.1) is 0 Å². The van der Waals surface area contributed by atoms with E-state index >= 15 is 0 Å². The van der Waals surface area contributed by atoms with Gasteiger partial charge in [0.15, 0.2) is 5.78 Å². The van der Waals surface area contributed by atoms with Crippen molar-refractivity contribution in [1.29, 1.82) is 0 Å². The number of carbonyl (C=O) groups excluding carboxylic acids is 1. The quantitative estimate of drug-likeness (QED) is 0.766. The molecule has 0 aromatic heterocycles. The van der Waals surface area contributed by atoms with E-state index in [4.69, 9.17) is 5.73 Å². The minimum Gasteiger partial charge on any atom is -0.319 e. The van der Waals surface area contributed by atoms with Crippen molar-refractivity contribution in [3.05, 3.63) is 0 Å². The first-order valence-electron chi connectivity index (χ1n) is 4.93. The molecule has 1 aliphatic carbocycles. The molecule has 0 aliphatic heterocycles. The highest BCUT2D eigenvalue weighted by Crippen LogP contribution is 2.42. The Kier molecular flexibility index (Phi) is 2.95. The van der Waals surface area contributed by atoms with Gasteiger partial charge in [0.25, 0.3) is 5.92 Å². The molecule has 0 aromatic carbocycles. The van der Waals surface area contributed by atoms with Crippen LogP contribution in [0.1, 0.15) is 39.5 Å². The summed E-state index contributed by atoms with van der Waals surface area (Å²) in [7, 11) is 0. The number of hydrogen-bond donors (Lipinski definition) is 1. The maximum atomic E-state index is 13.2. The summed E-state index contributed by atoms with van der Waals surface area (Å²) in [4.78, 5) is 11.5. The smallest absolute Gasteiger partial charge is 0.251 e. The summed E-state index contributed by atoms with van der Waals surface area (Å²) < 4.78 is 26.3. The van der Waals surface area contributed by atoms with Crippen LogP contribution in [0.2, 0.25) is 0 Å². The van der Waals surface area contributed by atoms with Gasteiger partial charge in [0.05, 0.1) is 5.54 Å². The normalized spacial score (nSPS) is 26.5. The number of Topliss-reactive ketones (excluding diaryl/α,β-unsaturated/α-hetero) is 1. The fourth-order valence-electron chi connectivity index (χ4n) is 1.74. The van der Waals surface area contributed by atoms with E-state index in [1.165, 1.54) is 0 Å². The third kappa shape index (κ3) is 2.50. The number of carbonyl (C=O) groups is 1. The highest BCUT2D eigenvalue weighted by molar-refractivity contribution is 5.87. The summed E-state index contributed by atoms with van der Waals surface area (Å²) >= 11 is 0. The van der Waals surface area contributed by atoms with Gasteiger partial charge in [-0.1, -0.05) is 0 Å². The van der Waals surface area contributed by atoms with E-state index in [0.717, 1.165) is 0 Å². The molecule has 2 N–H and O–H groups in total. The number of rotatable bonds is 3. The fourth-order valence-corrected chi connectivity index (χ4v) is 1.74. The summed E-state index contributed by atoms with van der Waals surface area (Å²) in [6.07, 6.45) is 0.775. The van der Waals surface area contributed by atoms with Gasteiger partial charge in [-0.2, -0.15) is 0 Å². The molecule has 82 valence electrons. The third-order valence-corrected chi connectivity index (χ3v) is 2.81. The largest absolute Gasteiger partial charge is 0.319 e. The van der Waals surface area contributed by atoms with Crippen molar-refractivity contribution in [2.45, 2.75) is 51.0 Å². The number of halogens is 2. The Balaban J connectivity index is 2.57. The minimum absolute atomic E-state index is 0.0868. The average Bonchev–Trinajstić information content (AvgIpc) is 2.29. The molecule has 2 nitrogen and oxygen atoms in total. The maximum Gasteiger partial charge on any atom is 0.251 e. The van der Waals surface area contributed by atoms with Crippen molar-refractivity contribution in [3.63, 3.8) is 0 Å². The molecule has 14 heavy (non-hydrogen) atoms. The monoisotopic (exact) mass is 205 g/mol. The average molecular weight is 205 g/mol. The topological polar surface area (TPSA) is 43.1 Å². The predicted molar refractivity (Wildman–Crippen MR) is 50.2 cm³/mol. The molecule has 1 fully saturated rings. The molecule has 0 bridgehead atoms. The van der Waals surface area contributed by atoms with Crippen LogP contribution in [0.5, 0.6) is 0 Å². The summed E-state index contributed by atoms with van der Waals surface area (Å²) in [5.74, 6) is -3.73. The number of hydrogen-bond acceptors (Lipinski definition) is 2. The van der Waals surface area contributed by atoms with Gasteiger partial charge in [0.2, 0.25) is 0 Å². The summed E-state index contributed by atoms with van der Waals surface area (Å²) in [5.41, 5.74) is 4.56. The molecule has 1 rings (SSSR count). The molecule has 1 atom stereocenters. The molecule has 1 saturated carbocycles. The lowest BCUT2D eigenvalue weighted by Crippen LogP contribution is -2.43. The van der Waals surface area contributed by atoms with Crippen molar-refractivity contribution in [3.8, 4) is 0 Å². The lowest BCUT2D eigenvalue weighted by atomic mass is 9.89. The van der Waals surface area contributed by atoms with E-state index in [9.17, 15) is 13.6 Å². The first-order valence-corrected chi connectivity index (χ1v) is 4.93. The molecule has 0 heterocycles. The van der Waals surface area contributed by atoms with E-state index in [-0.39, 0.29) is 18.6 Å². The summed E-state index contributed by atoms with van der Waals surface area (Å²) in [6.45, 7) is 3.12. The van der Waals surface area contributed by atoms with Crippen LogP contribution < -0.4 is 5.73 Å². The second-order valence-corrected chi connectivity index (χ2v) is 4.70. The Labute approximate surface area is 82.9 Å². The standard InChI is InChI=1S/C10H17F2NO/c1-9(2,13)8(14)6-7-4-3-5-10(7,11)12/h7H,3-6,13H2,1-2H3. The number of ketones is 1. The van der Waals surface area contributed by atoms with Crippen molar-refractivity contribution < 1.29 is 13.6 Å². The zero-order valence-electron chi connectivity index (χ0n) is 8.65. The van der Waals surface area contributed by atoms with Gasteiger partial charge in [-0.05, 0) is 26.7 Å². The Morgan fingerprint density at radius 3 is 2.50 bits per heavy atom. The fraction of sp³-hybridized carbons (Fsp3) is 0.900. The van der Waals surface area contributed by atoms with Gasteiger partial charge in [0.1, 0.15) is 0 Å². The molecule has 4 heteroatoms. The molecule has 0 radical (unpaired) electrons. The van der Waals surface area contributed by atoms with Gasteiger partial charge in [-0.25, -0.2) is 8.78 Å². The van der Waals surface area contributed by atoms with E-state index in [2.05, 4.69) is 0 Å². The number of alkyl halides is 2. The van der Waals surface area contributed by atoms with E-state index < -0.39 is 17.4 Å². The highest BCUT2D eigenvalue weighted by Gasteiger charge is 2.45. The van der Waals surface area contributed by atoms with Crippen molar-refractivity contribution >= 4 is 5.78 Å². The van der Waals surface area contributed by atoms with Crippen LogP contribution in [-0.2, 0) is 4.79 Å². The van der Waals surface area contributed by atoms with Crippen molar-refractivity contribution in [2.75, 3.05) is 0 Å². The minimum atomic E-state index is -2.67. The third-order valence-electron chi connectivity index (χ3n) is 2.81. The van der Waals surface area contributed by atoms with Crippen LogP contribution in [0.25, 0.3) is 0 Å². The van der Waals surface area contributed by atoms with Crippen molar-refractivity contribution in [1.82, 2.24) is 0 Å². The maximum absolute atomic E-state index is 13.2. The van der Waals surface area contributed by atoms with Crippen LogP contribution in [0.3, 0.4) is 0 Å². The molecule has 0 aromatic rings. The van der Waals surface area contributed by atoms with Gasteiger partial charge >= 0.3 is 0 Å². The Morgan fingerprint density at radius 1 is 1.57 bits per heavy atom. The second-order valence-electron chi connectivity index (χ2n) is 4.70. The SMILES string of the molecule is CC(C)(N)C(=O)CC1CCCC1(F)F. The highest BCUT2D eigenvalue weighted by atomic mass is 19.3. The molecule has 0 spiro atoms. The van der Waals surface area contributed by atoms with Crippen LogP contribution in [0, 0.1) is 5.92 Å². The van der Waals surface area contributed by atoms with Crippen LogP contribution >= 0.6 is 0 Å². The number of nitrogens with two attached hydrogens (primary N) is 1. The summed E-state index contributed by atoms with van der Waals surface area (Å²) in [5, 5.41) is 0. The lowest BCUT2D eigenvalue weighted by Gasteiger charge is -2.23. The van der Waals surface area contributed by atoms with Gasteiger partial charge in [-0.3, -0.25) is 4.79 Å². The second kappa shape index (κ2) is 3.57. The summed E-state index contributed by atoms with van der Waals surface area (Å²) in [6, 6.07) is 0. The molecule has 0 saturated heterocycles. The molecule has 1 unspecified atom stereocenters. The molecule has 1 aliphatic rings.